The number of hydrogen-bond acceptors (Lipinski definition) is 3. The minimum absolute atomic E-state index is 0.0853. The summed E-state index contributed by atoms with van der Waals surface area (Å²) in [6.07, 6.45) is 4.19. The number of carboxylic acid groups (broad SMARTS) is 1. The third-order valence-corrected chi connectivity index (χ3v) is 6.30. The van der Waals surface area contributed by atoms with Crippen LogP contribution in [0.15, 0.2) is 60.9 Å². The number of imidazole rings is 1. The Balaban J connectivity index is 1.40. The van der Waals surface area contributed by atoms with Gasteiger partial charge in [0.25, 0.3) is 0 Å². The molecule has 0 amide bonds. The first kappa shape index (κ1) is 25.1. The van der Waals surface area contributed by atoms with E-state index in [9.17, 15) is 18.0 Å². The highest BCUT2D eigenvalue weighted by atomic mass is 19.1. The van der Waals surface area contributed by atoms with Crippen LogP contribution in [0.3, 0.4) is 0 Å². The van der Waals surface area contributed by atoms with Gasteiger partial charge in [0.2, 0.25) is 0 Å². The summed E-state index contributed by atoms with van der Waals surface area (Å²) in [5.74, 6) is -1.92. The lowest BCUT2D eigenvalue weighted by Gasteiger charge is -2.13. The maximum Gasteiger partial charge on any atom is 0.303 e. The number of fused-ring (bicyclic) bond motifs is 1. The molecule has 0 spiro atoms. The maximum absolute atomic E-state index is 14.9. The number of halogens is 3. The van der Waals surface area contributed by atoms with Gasteiger partial charge in [0, 0.05) is 53.5 Å². The van der Waals surface area contributed by atoms with E-state index in [1.807, 2.05) is 13.0 Å². The Morgan fingerprint density at radius 3 is 2.63 bits per heavy atom. The summed E-state index contributed by atoms with van der Waals surface area (Å²) in [6.45, 7) is 1.91. The highest BCUT2D eigenvalue weighted by Gasteiger charge is 2.17. The topological polar surface area (TPSA) is 91.0 Å². The second-order valence-corrected chi connectivity index (χ2v) is 9.00. The van der Waals surface area contributed by atoms with Crippen LogP contribution in [0.25, 0.3) is 22.3 Å². The van der Waals surface area contributed by atoms with E-state index in [1.165, 1.54) is 42.6 Å². The molecule has 3 N–H and O–H groups in total. The van der Waals surface area contributed by atoms with Crippen molar-refractivity contribution >= 4 is 16.9 Å². The van der Waals surface area contributed by atoms with E-state index in [4.69, 9.17) is 9.84 Å². The lowest BCUT2D eigenvalue weighted by molar-refractivity contribution is -0.136. The average molecular weight is 520 g/mol. The van der Waals surface area contributed by atoms with Crippen molar-refractivity contribution in [2.45, 2.75) is 32.6 Å². The van der Waals surface area contributed by atoms with E-state index in [0.717, 1.165) is 5.39 Å². The molecule has 0 aliphatic rings. The molecular formula is C29H24F3N3O3. The molecule has 0 unspecified atom stereocenters. The molecule has 0 fully saturated rings. The molecule has 194 valence electrons. The van der Waals surface area contributed by atoms with E-state index in [-0.39, 0.29) is 42.1 Å². The Bertz CT molecular complexity index is 1640. The summed E-state index contributed by atoms with van der Waals surface area (Å²) in [7, 11) is 0. The Labute approximate surface area is 216 Å². The van der Waals surface area contributed by atoms with Gasteiger partial charge in [-0.05, 0) is 60.4 Å². The number of aliphatic carboxylic acids is 1. The SMILES string of the molecule is CCc1c(Oc2ccc(F)c(-c3ncc(Cc4cc(F)cc(CCC(=O)O)c4)[nH]3)c2)c(F)cc2[nH]ccc12. The Kier molecular flexibility index (Phi) is 6.91. The number of nitrogens with zero attached hydrogens (tertiary/aromatic N) is 1. The molecule has 5 rings (SSSR count). The molecular weight excluding hydrogens is 495 g/mol. The van der Waals surface area contributed by atoms with Crippen LogP contribution in [0, 0.1) is 17.5 Å². The first-order valence-electron chi connectivity index (χ1n) is 12.1. The van der Waals surface area contributed by atoms with Crippen LogP contribution in [0.5, 0.6) is 11.5 Å². The van der Waals surface area contributed by atoms with E-state index >= 15 is 0 Å². The molecule has 0 saturated heterocycles. The summed E-state index contributed by atoms with van der Waals surface area (Å²) < 4.78 is 49.7. The number of carboxylic acids is 1. The molecule has 3 aromatic carbocycles. The largest absolute Gasteiger partial charge is 0.481 e. The van der Waals surface area contributed by atoms with Gasteiger partial charge >= 0.3 is 5.97 Å². The van der Waals surface area contributed by atoms with Gasteiger partial charge in [-0.1, -0.05) is 13.0 Å². The van der Waals surface area contributed by atoms with Crippen molar-refractivity contribution in [1.82, 2.24) is 15.0 Å². The van der Waals surface area contributed by atoms with E-state index in [2.05, 4.69) is 15.0 Å². The van der Waals surface area contributed by atoms with Gasteiger partial charge in [0.1, 0.15) is 23.2 Å². The van der Waals surface area contributed by atoms with Crippen molar-refractivity contribution < 1.29 is 27.8 Å². The lowest BCUT2D eigenvalue weighted by Crippen LogP contribution is -1.99. The van der Waals surface area contributed by atoms with Gasteiger partial charge in [-0.15, -0.1) is 0 Å². The zero-order valence-corrected chi connectivity index (χ0v) is 20.4. The molecule has 9 heteroatoms. The standard InChI is InChI=1S/C29H24F3N3O3/c1-2-21-22-7-8-33-26(22)14-25(32)28(21)38-20-4-5-24(31)23(13-20)29-34-15-19(35-29)12-17-9-16(3-6-27(36)37)10-18(30)11-17/h4-5,7-11,13-15,33H,2-3,6,12H2,1H3,(H,34,35)(H,36,37). The highest BCUT2D eigenvalue weighted by Crippen LogP contribution is 2.36. The average Bonchev–Trinajstić information content (AvgIpc) is 3.53. The molecule has 5 aromatic rings. The van der Waals surface area contributed by atoms with Gasteiger partial charge in [0.15, 0.2) is 11.6 Å². The van der Waals surface area contributed by atoms with Crippen molar-refractivity contribution in [3.05, 3.63) is 101 Å². The predicted molar refractivity (Wildman–Crippen MR) is 137 cm³/mol. The number of H-pyrrole nitrogens is 2. The second kappa shape index (κ2) is 10.5. The Morgan fingerprint density at radius 1 is 1.03 bits per heavy atom. The molecule has 2 heterocycles. The predicted octanol–water partition coefficient (Wildman–Crippen LogP) is 6.94. The summed E-state index contributed by atoms with van der Waals surface area (Å²) in [5, 5.41) is 9.74. The van der Waals surface area contributed by atoms with Crippen molar-refractivity contribution in [3.8, 4) is 22.9 Å². The number of rotatable bonds is 9. The van der Waals surface area contributed by atoms with Gasteiger partial charge in [0.05, 0.1) is 5.56 Å². The molecule has 0 radical (unpaired) electrons. The number of aromatic nitrogens is 3. The van der Waals surface area contributed by atoms with Crippen molar-refractivity contribution in [2.75, 3.05) is 0 Å². The van der Waals surface area contributed by atoms with Crippen LogP contribution in [0.4, 0.5) is 13.2 Å². The van der Waals surface area contributed by atoms with Crippen LogP contribution in [-0.4, -0.2) is 26.0 Å². The normalized spacial score (nSPS) is 11.3. The summed E-state index contributed by atoms with van der Waals surface area (Å²) in [4.78, 5) is 21.2. The van der Waals surface area contributed by atoms with E-state index < -0.39 is 23.4 Å². The first-order chi connectivity index (χ1) is 18.3. The number of ether oxygens (including phenoxy) is 1. The number of hydrogen-bond donors (Lipinski definition) is 3. The smallest absolute Gasteiger partial charge is 0.303 e. The summed E-state index contributed by atoms with van der Waals surface area (Å²) >= 11 is 0. The van der Waals surface area contributed by atoms with Crippen LogP contribution in [0.1, 0.15) is 35.7 Å². The summed E-state index contributed by atoms with van der Waals surface area (Å²) in [6, 6.07) is 11.7. The van der Waals surface area contributed by atoms with Gasteiger partial charge in [-0.3, -0.25) is 4.79 Å². The minimum atomic E-state index is -0.957. The number of aryl methyl sites for hydroxylation is 2. The van der Waals surface area contributed by atoms with Crippen LogP contribution in [0.2, 0.25) is 0 Å². The molecule has 0 aliphatic heterocycles. The zero-order valence-electron chi connectivity index (χ0n) is 20.4. The van der Waals surface area contributed by atoms with Crippen LogP contribution < -0.4 is 4.74 Å². The first-order valence-corrected chi connectivity index (χ1v) is 12.1. The summed E-state index contributed by atoms with van der Waals surface area (Å²) in [5.41, 5.74) is 3.32. The van der Waals surface area contributed by atoms with Crippen molar-refractivity contribution in [2.24, 2.45) is 0 Å². The molecule has 6 nitrogen and oxygen atoms in total. The molecule has 38 heavy (non-hydrogen) atoms. The number of carbonyl (C=O) groups is 1. The minimum Gasteiger partial charge on any atom is -0.481 e. The molecule has 0 bridgehead atoms. The fourth-order valence-electron chi connectivity index (χ4n) is 4.57. The zero-order chi connectivity index (χ0) is 26.8. The van der Waals surface area contributed by atoms with Gasteiger partial charge in [-0.2, -0.15) is 0 Å². The monoisotopic (exact) mass is 519 g/mol. The third kappa shape index (κ3) is 5.27. The Morgan fingerprint density at radius 2 is 1.84 bits per heavy atom. The number of benzene rings is 3. The lowest BCUT2D eigenvalue weighted by atomic mass is 10.0. The molecule has 0 saturated carbocycles. The van der Waals surface area contributed by atoms with Crippen LogP contribution in [-0.2, 0) is 24.1 Å². The third-order valence-electron chi connectivity index (χ3n) is 6.30. The number of aromatic amines is 2. The van der Waals surface area contributed by atoms with Crippen LogP contribution >= 0.6 is 0 Å². The fourth-order valence-corrected chi connectivity index (χ4v) is 4.57. The molecule has 2 aromatic heterocycles. The fraction of sp³-hybridized carbons (Fsp3) is 0.172. The second-order valence-electron chi connectivity index (χ2n) is 9.00. The van der Waals surface area contributed by atoms with Crippen molar-refractivity contribution in [3.63, 3.8) is 0 Å². The van der Waals surface area contributed by atoms with Crippen molar-refractivity contribution in [1.29, 1.82) is 0 Å². The molecule has 0 aliphatic carbocycles. The highest BCUT2D eigenvalue weighted by molar-refractivity contribution is 5.85. The maximum atomic E-state index is 14.9. The van der Waals surface area contributed by atoms with E-state index in [0.29, 0.717) is 34.3 Å². The quantitative estimate of drug-likeness (QED) is 0.197. The molecule has 0 atom stereocenters. The van der Waals surface area contributed by atoms with Gasteiger partial charge in [-0.25, -0.2) is 18.2 Å². The number of nitrogens with one attached hydrogen (secondary N) is 2. The van der Waals surface area contributed by atoms with Gasteiger partial charge < -0.3 is 19.8 Å². The van der Waals surface area contributed by atoms with E-state index in [1.54, 1.807) is 12.3 Å². The Hall–Kier alpha value is -4.53.